The minimum Gasteiger partial charge on any atom is -0.398 e. The Bertz CT molecular complexity index is 653. The number of aromatic nitrogens is 4. The first-order valence-corrected chi connectivity index (χ1v) is 7.03. The molecule has 0 aliphatic carbocycles. The lowest BCUT2D eigenvalue weighted by Gasteiger charge is -2.20. The highest BCUT2D eigenvalue weighted by Crippen LogP contribution is 2.42. The Morgan fingerprint density at radius 1 is 1.35 bits per heavy atom. The number of rotatable bonds is 2. The molecule has 2 aromatic rings. The summed E-state index contributed by atoms with van der Waals surface area (Å²) in [6.45, 7) is 1.99. The van der Waals surface area contributed by atoms with E-state index >= 15 is 0 Å². The van der Waals surface area contributed by atoms with Crippen molar-refractivity contribution in [3.63, 3.8) is 0 Å². The van der Waals surface area contributed by atoms with Gasteiger partial charge in [-0.15, -0.1) is 5.10 Å². The van der Waals surface area contributed by atoms with Gasteiger partial charge < -0.3 is 10.5 Å². The molecule has 3 heterocycles. The van der Waals surface area contributed by atoms with Crippen LogP contribution in [0.25, 0.3) is 11.4 Å². The third-order valence-corrected chi connectivity index (χ3v) is 4.45. The van der Waals surface area contributed by atoms with Gasteiger partial charge in [-0.25, -0.2) is 4.68 Å². The molecule has 6 heteroatoms. The zero-order valence-electron chi connectivity index (χ0n) is 11.4. The second kappa shape index (κ2) is 4.28. The Hall–Kier alpha value is -1.95. The van der Waals surface area contributed by atoms with E-state index in [0.29, 0.717) is 6.10 Å². The van der Waals surface area contributed by atoms with Crippen LogP contribution in [0, 0.1) is 6.92 Å². The zero-order valence-corrected chi connectivity index (χ0v) is 11.4. The number of anilines is 1. The topological polar surface area (TPSA) is 78.8 Å². The maximum Gasteiger partial charge on any atom is 0.184 e. The summed E-state index contributed by atoms with van der Waals surface area (Å²) in [6.07, 6.45) is 3.86. The van der Waals surface area contributed by atoms with E-state index in [1.54, 1.807) is 0 Å². The molecule has 2 fully saturated rings. The lowest BCUT2D eigenvalue weighted by molar-refractivity contribution is 0.0922. The fraction of sp³-hybridized carbons (Fsp3) is 0.500. The highest BCUT2D eigenvalue weighted by Gasteiger charge is 2.43. The van der Waals surface area contributed by atoms with E-state index in [1.165, 1.54) is 0 Å². The first kappa shape index (κ1) is 11.8. The number of para-hydroxylation sites is 1. The normalized spacial score (nSPS) is 28.1. The second-order valence-corrected chi connectivity index (χ2v) is 5.66. The van der Waals surface area contributed by atoms with Crippen molar-refractivity contribution < 1.29 is 4.74 Å². The van der Waals surface area contributed by atoms with Gasteiger partial charge in [0.15, 0.2) is 5.82 Å². The van der Waals surface area contributed by atoms with Crippen molar-refractivity contribution >= 4 is 5.69 Å². The van der Waals surface area contributed by atoms with Gasteiger partial charge >= 0.3 is 0 Å². The van der Waals surface area contributed by atoms with Gasteiger partial charge in [0.05, 0.1) is 18.2 Å². The molecule has 3 unspecified atom stereocenters. The van der Waals surface area contributed by atoms with Crippen molar-refractivity contribution in [2.45, 2.75) is 44.4 Å². The van der Waals surface area contributed by atoms with Crippen LogP contribution in [0.15, 0.2) is 18.2 Å². The Morgan fingerprint density at radius 3 is 3.00 bits per heavy atom. The lowest BCUT2D eigenvalue weighted by Crippen LogP contribution is -2.23. The molecule has 6 nitrogen and oxygen atoms in total. The van der Waals surface area contributed by atoms with E-state index < -0.39 is 0 Å². The van der Waals surface area contributed by atoms with Crippen LogP contribution in [0.2, 0.25) is 0 Å². The first-order valence-electron chi connectivity index (χ1n) is 7.03. The maximum absolute atomic E-state index is 6.18. The molecule has 104 valence electrons. The maximum atomic E-state index is 6.18. The summed E-state index contributed by atoms with van der Waals surface area (Å²) < 4.78 is 7.80. The largest absolute Gasteiger partial charge is 0.398 e. The molecule has 0 amide bonds. The molecule has 4 rings (SSSR count). The smallest absolute Gasteiger partial charge is 0.184 e. The third-order valence-electron chi connectivity index (χ3n) is 4.45. The van der Waals surface area contributed by atoms with Crippen molar-refractivity contribution in [2.75, 3.05) is 5.73 Å². The number of fused-ring (bicyclic) bond motifs is 2. The van der Waals surface area contributed by atoms with Crippen molar-refractivity contribution in [1.29, 1.82) is 0 Å². The number of aryl methyl sites for hydroxylation is 1. The number of hydrogen-bond donors (Lipinski definition) is 1. The molecule has 2 aliphatic rings. The van der Waals surface area contributed by atoms with Crippen LogP contribution in [0.5, 0.6) is 0 Å². The molecule has 2 N–H and O–H groups in total. The highest BCUT2D eigenvalue weighted by molar-refractivity contribution is 5.74. The summed E-state index contributed by atoms with van der Waals surface area (Å²) >= 11 is 0. The molecular formula is C14H17N5O. The summed E-state index contributed by atoms with van der Waals surface area (Å²) in [5.41, 5.74) is 8.86. The number of ether oxygens (including phenoxy) is 1. The van der Waals surface area contributed by atoms with Crippen LogP contribution in [-0.2, 0) is 4.74 Å². The van der Waals surface area contributed by atoms with Gasteiger partial charge in [-0.05, 0) is 48.2 Å². The van der Waals surface area contributed by atoms with Crippen molar-refractivity contribution in [1.82, 2.24) is 20.2 Å². The molecule has 0 saturated carbocycles. The predicted octanol–water partition coefficient (Wildman–Crippen LogP) is 1.72. The van der Waals surface area contributed by atoms with Crippen molar-refractivity contribution in [3.05, 3.63) is 23.8 Å². The second-order valence-electron chi connectivity index (χ2n) is 5.66. The average Bonchev–Trinajstić information content (AvgIpc) is 3.15. The van der Waals surface area contributed by atoms with Gasteiger partial charge in [0.1, 0.15) is 0 Å². The molecule has 2 aliphatic heterocycles. The average molecular weight is 271 g/mol. The van der Waals surface area contributed by atoms with E-state index in [1.807, 2.05) is 29.8 Å². The molecular weight excluding hydrogens is 254 g/mol. The van der Waals surface area contributed by atoms with Crippen molar-refractivity contribution in [2.24, 2.45) is 0 Å². The summed E-state index contributed by atoms with van der Waals surface area (Å²) in [6, 6.07) is 6.18. The van der Waals surface area contributed by atoms with E-state index in [0.717, 1.165) is 41.9 Å². The lowest BCUT2D eigenvalue weighted by atomic mass is 9.95. The molecule has 1 aromatic heterocycles. The van der Waals surface area contributed by atoms with Gasteiger partial charge in [0, 0.05) is 11.3 Å². The van der Waals surface area contributed by atoms with Gasteiger partial charge in [-0.2, -0.15) is 0 Å². The molecule has 0 spiro atoms. The van der Waals surface area contributed by atoms with Crippen LogP contribution in [0.1, 0.15) is 30.9 Å². The number of nitrogens with zero attached hydrogens (tertiary/aromatic N) is 4. The summed E-state index contributed by atoms with van der Waals surface area (Å²) in [4.78, 5) is 0. The van der Waals surface area contributed by atoms with Crippen LogP contribution in [0.4, 0.5) is 5.69 Å². The molecule has 20 heavy (non-hydrogen) atoms. The third kappa shape index (κ3) is 1.64. The number of nitrogen functional groups attached to an aromatic ring is 1. The standard InChI is InChI=1S/C14H17N5O/c1-8-3-2-4-10(13(8)15)14-16-17-18-19(14)11-7-9-5-6-12(11)20-9/h2-4,9,11-12H,5-7,15H2,1H3. The summed E-state index contributed by atoms with van der Waals surface area (Å²) in [5.74, 6) is 0.743. The Labute approximate surface area is 116 Å². The van der Waals surface area contributed by atoms with Gasteiger partial charge in [0.2, 0.25) is 0 Å². The minimum absolute atomic E-state index is 0.235. The van der Waals surface area contributed by atoms with Gasteiger partial charge in [-0.3, -0.25) is 0 Å². The van der Waals surface area contributed by atoms with Crippen LogP contribution >= 0.6 is 0 Å². The highest BCUT2D eigenvalue weighted by atomic mass is 16.5. The molecule has 1 aromatic carbocycles. The van der Waals surface area contributed by atoms with Gasteiger partial charge in [-0.1, -0.05) is 12.1 Å². The summed E-state index contributed by atoms with van der Waals surface area (Å²) in [5, 5.41) is 12.2. The first-order chi connectivity index (χ1) is 9.74. The molecule has 2 saturated heterocycles. The fourth-order valence-electron chi connectivity index (χ4n) is 3.34. The van der Waals surface area contributed by atoms with Crippen molar-refractivity contribution in [3.8, 4) is 11.4 Å². The predicted molar refractivity (Wildman–Crippen MR) is 74.0 cm³/mol. The Morgan fingerprint density at radius 2 is 2.25 bits per heavy atom. The van der Waals surface area contributed by atoms with Crippen LogP contribution in [0.3, 0.4) is 0 Å². The number of tetrazole rings is 1. The van der Waals surface area contributed by atoms with E-state index in [9.17, 15) is 0 Å². The molecule has 2 bridgehead atoms. The fourth-order valence-corrected chi connectivity index (χ4v) is 3.34. The monoisotopic (exact) mass is 271 g/mol. The van der Waals surface area contributed by atoms with E-state index in [2.05, 4.69) is 15.5 Å². The van der Waals surface area contributed by atoms with E-state index in [4.69, 9.17) is 10.5 Å². The SMILES string of the molecule is Cc1cccc(-c2nnnn2C2CC3CCC2O3)c1N. The number of benzene rings is 1. The van der Waals surface area contributed by atoms with Crippen LogP contribution < -0.4 is 5.73 Å². The molecule has 0 radical (unpaired) electrons. The number of hydrogen-bond acceptors (Lipinski definition) is 5. The Kier molecular flexibility index (Phi) is 2.53. The minimum atomic E-state index is 0.235. The van der Waals surface area contributed by atoms with E-state index in [-0.39, 0.29) is 12.1 Å². The number of nitrogens with two attached hydrogens (primary N) is 1. The molecule has 3 atom stereocenters. The zero-order chi connectivity index (χ0) is 13.7. The quantitative estimate of drug-likeness (QED) is 0.841. The van der Waals surface area contributed by atoms with Gasteiger partial charge in [0.25, 0.3) is 0 Å². The summed E-state index contributed by atoms with van der Waals surface area (Å²) in [7, 11) is 0. The van der Waals surface area contributed by atoms with Crippen LogP contribution in [-0.4, -0.2) is 32.4 Å². The Balaban J connectivity index is 1.77.